The molecule has 25 heavy (non-hydrogen) atoms. The fourth-order valence-electron chi connectivity index (χ4n) is 3.27. The van der Waals surface area contributed by atoms with Gasteiger partial charge < -0.3 is 19.7 Å². The number of urea groups is 1. The quantitative estimate of drug-likeness (QED) is 0.909. The van der Waals surface area contributed by atoms with Crippen LogP contribution in [0, 0.1) is 0 Å². The molecule has 2 aliphatic rings. The van der Waals surface area contributed by atoms with Gasteiger partial charge in [-0.15, -0.1) is 0 Å². The minimum Gasteiger partial charge on any atom is -0.347 e. The van der Waals surface area contributed by atoms with E-state index in [0.29, 0.717) is 51.5 Å². The molecule has 3 heterocycles. The zero-order chi connectivity index (χ0) is 17.1. The third-order valence-electron chi connectivity index (χ3n) is 4.64. The third-order valence-corrected chi connectivity index (χ3v) is 4.64. The predicted octanol–water partition coefficient (Wildman–Crippen LogP) is 1.32. The van der Waals surface area contributed by atoms with Crippen molar-refractivity contribution in [3.8, 4) is 5.69 Å². The Morgan fingerprint density at radius 2 is 1.88 bits per heavy atom. The number of carbonyl (C=O) groups is 1. The SMILES string of the molecule is O=C(NCc1ncnn1-c1ccccc1)N1CCC2(CC1)OCCO2. The topological polar surface area (TPSA) is 81.5 Å². The maximum absolute atomic E-state index is 12.4. The summed E-state index contributed by atoms with van der Waals surface area (Å²) >= 11 is 0. The molecule has 1 aromatic carbocycles. The normalized spacial score (nSPS) is 19.3. The second-order valence-electron chi connectivity index (χ2n) is 6.18. The molecule has 0 bridgehead atoms. The smallest absolute Gasteiger partial charge is 0.317 e. The van der Waals surface area contributed by atoms with Crippen LogP contribution in [-0.2, 0) is 16.0 Å². The molecule has 2 amide bonds. The first-order valence-corrected chi connectivity index (χ1v) is 8.51. The van der Waals surface area contributed by atoms with Gasteiger partial charge in [-0.3, -0.25) is 0 Å². The first kappa shape index (κ1) is 16.0. The van der Waals surface area contributed by atoms with E-state index in [2.05, 4.69) is 15.4 Å². The van der Waals surface area contributed by atoms with E-state index in [-0.39, 0.29) is 6.03 Å². The van der Waals surface area contributed by atoms with Gasteiger partial charge in [0.15, 0.2) is 11.6 Å². The number of nitrogens with zero attached hydrogens (tertiary/aromatic N) is 4. The van der Waals surface area contributed by atoms with Crippen molar-refractivity contribution >= 4 is 6.03 Å². The average Bonchev–Trinajstić information content (AvgIpc) is 3.31. The van der Waals surface area contributed by atoms with Gasteiger partial charge in [-0.2, -0.15) is 5.10 Å². The molecule has 8 heteroatoms. The number of para-hydroxylation sites is 1. The zero-order valence-electron chi connectivity index (χ0n) is 13.9. The highest BCUT2D eigenvalue weighted by atomic mass is 16.7. The molecule has 1 aromatic heterocycles. The molecule has 4 rings (SSSR count). The van der Waals surface area contributed by atoms with E-state index >= 15 is 0 Å². The number of hydrogen-bond donors (Lipinski definition) is 1. The van der Waals surface area contributed by atoms with Crippen molar-refractivity contribution in [2.45, 2.75) is 25.2 Å². The van der Waals surface area contributed by atoms with Crippen LogP contribution in [0.3, 0.4) is 0 Å². The number of rotatable bonds is 3. The average molecular weight is 343 g/mol. The molecular weight excluding hydrogens is 322 g/mol. The Hall–Kier alpha value is -2.45. The lowest BCUT2D eigenvalue weighted by molar-refractivity contribution is -0.181. The minimum absolute atomic E-state index is 0.101. The monoisotopic (exact) mass is 343 g/mol. The van der Waals surface area contributed by atoms with Crippen molar-refractivity contribution in [1.29, 1.82) is 0 Å². The molecule has 0 aliphatic carbocycles. The fourth-order valence-corrected chi connectivity index (χ4v) is 3.27. The zero-order valence-corrected chi connectivity index (χ0v) is 13.9. The summed E-state index contributed by atoms with van der Waals surface area (Å²) in [4.78, 5) is 18.5. The van der Waals surface area contributed by atoms with E-state index in [1.165, 1.54) is 6.33 Å². The lowest BCUT2D eigenvalue weighted by Crippen LogP contribution is -2.50. The van der Waals surface area contributed by atoms with Gasteiger partial charge in [-0.05, 0) is 12.1 Å². The van der Waals surface area contributed by atoms with E-state index in [1.54, 1.807) is 9.58 Å². The Morgan fingerprint density at radius 1 is 1.16 bits per heavy atom. The molecule has 8 nitrogen and oxygen atoms in total. The number of benzene rings is 1. The second-order valence-corrected chi connectivity index (χ2v) is 6.18. The highest BCUT2D eigenvalue weighted by molar-refractivity contribution is 5.74. The molecule has 2 saturated heterocycles. The Kier molecular flexibility index (Phi) is 4.37. The van der Waals surface area contributed by atoms with Crippen LogP contribution in [0.1, 0.15) is 18.7 Å². The molecule has 2 aromatic rings. The van der Waals surface area contributed by atoms with Crippen LogP contribution in [0.2, 0.25) is 0 Å². The Labute approximate surface area is 145 Å². The van der Waals surface area contributed by atoms with Crippen molar-refractivity contribution in [3.05, 3.63) is 42.5 Å². The van der Waals surface area contributed by atoms with Gasteiger partial charge >= 0.3 is 6.03 Å². The fraction of sp³-hybridized carbons (Fsp3) is 0.471. The van der Waals surface area contributed by atoms with Crippen LogP contribution in [0.15, 0.2) is 36.7 Å². The lowest BCUT2D eigenvalue weighted by atomic mass is 10.0. The first-order valence-electron chi connectivity index (χ1n) is 8.51. The van der Waals surface area contributed by atoms with Gasteiger partial charge in [-0.25, -0.2) is 14.5 Å². The molecule has 1 N–H and O–H groups in total. The van der Waals surface area contributed by atoms with Crippen LogP contribution in [0.5, 0.6) is 0 Å². The van der Waals surface area contributed by atoms with Crippen molar-refractivity contribution < 1.29 is 14.3 Å². The molecule has 0 unspecified atom stereocenters. The van der Waals surface area contributed by atoms with Crippen molar-refractivity contribution in [2.75, 3.05) is 26.3 Å². The van der Waals surface area contributed by atoms with Gasteiger partial charge in [0.25, 0.3) is 0 Å². The summed E-state index contributed by atoms with van der Waals surface area (Å²) in [7, 11) is 0. The minimum atomic E-state index is -0.468. The number of piperidine rings is 1. The van der Waals surface area contributed by atoms with E-state index in [0.717, 1.165) is 5.69 Å². The first-order chi connectivity index (χ1) is 12.3. The number of likely N-dealkylation sites (tertiary alicyclic amines) is 1. The number of carbonyl (C=O) groups excluding carboxylic acids is 1. The molecule has 2 fully saturated rings. The molecule has 1 spiro atoms. The summed E-state index contributed by atoms with van der Waals surface area (Å²) in [6, 6.07) is 9.63. The number of aromatic nitrogens is 3. The highest BCUT2D eigenvalue weighted by Gasteiger charge is 2.40. The summed E-state index contributed by atoms with van der Waals surface area (Å²) < 4.78 is 13.1. The number of nitrogens with one attached hydrogen (secondary N) is 1. The van der Waals surface area contributed by atoms with E-state index < -0.39 is 5.79 Å². The summed E-state index contributed by atoms with van der Waals surface area (Å²) in [5, 5.41) is 7.16. The van der Waals surface area contributed by atoms with Gasteiger partial charge in [0.05, 0.1) is 25.4 Å². The predicted molar refractivity (Wildman–Crippen MR) is 89.0 cm³/mol. The number of amides is 2. The summed E-state index contributed by atoms with van der Waals surface area (Å²) in [6.45, 7) is 2.85. The summed E-state index contributed by atoms with van der Waals surface area (Å²) in [6.07, 6.45) is 2.91. The van der Waals surface area contributed by atoms with Gasteiger partial charge in [-0.1, -0.05) is 18.2 Å². The van der Waals surface area contributed by atoms with Gasteiger partial charge in [0.1, 0.15) is 6.33 Å². The molecule has 132 valence electrons. The number of hydrogen-bond acceptors (Lipinski definition) is 5. The van der Waals surface area contributed by atoms with E-state index in [9.17, 15) is 4.79 Å². The maximum Gasteiger partial charge on any atom is 0.317 e. The molecule has 0 radical (unpaired) electrons. The van der Waals surface area contributed by atoms with Crippen LogP contribution in [0.25, 0.3) is 5.69 Å². The molecule has 2 aliphatic heterocycles. The lowest BCUT2D eigenvalue weighted by Gasteiger charge is -2.37. The number of ether oxygens (including phenoxy) is 2. The van der Waals surface area contributed by atoms with Gasteiger partial charge in [0.2, 0.25) is 0 Å². The van der Waals surface area contributed by atoms with Crippen molar-refractivity contribution in [1.82, 2.24) is 25.0 Å². The standard InChI is InChI=1S/C17H21N5O3/c23-16(21-8-6-17(7-9-21)24-10-11-25-17)18-12-15-19-13-20-22(15)14-4-2-1-3-5-14/h1-5,13H,6-12H2,(H,18,23). The van der Waals surface area contributed by atoms with Crippen LogP contribution < -0.4 is 5.32 Å². The summed E-state index contributed by atoms with van der Waals surface area (Å²) in [5.41, 5.74) is 0.916. The Bertz CT molecular complexity index is 717. The Morgan fingerprint density at radius 3 is 2.60 bits per heavy atom. The summed E-state index contributed by atoms with van der Waals surface area (Å²) in [5.74, 6) is 0.222. The maximum atomic E-state index is 12.4. The van der Waals surface area contributed by atoms with Gasteiger partial charge in [0, 0.05) is 25.9 Å². The molecular formula is C17H21N5O3. The molecule has 0 saturated carbocycles. The van der Waals surface area contributed by atoms with Crippen LogP contribution in [0.4, 0.5) is 4.79 Å². The van der Waals surface area contributed by atoms with Crippen molar-refractivity contribution in [3.63, 3.8) is 0 Å². The second kappa shape index (κ2) is 6.81. The van der Waals surface area contributed by atoms with E-state index in [1.807, 2.05) is 30.3 Å². The molecule has 0 atom stereocenters. The van der Waals surface area contributed by atoms with Crippen molar-refractivity contribution in [2.24, 2.45) is 0 Å². The van der Waals surface area contributed by atoms with Crippen LogP contribution >= 0.6 is 0 Å². The largest absolute Gasteiger partial charge is 0.347 e. The highest BCUT2D eigenvalue weighted by Crippen LogP contribution is 2.31. The third kappa shape index (κ3) is 3.35. The van der Waals surface area contributed by atoms with E-state index in [4.69, 9.17) is 9.47 Å². The Balaban J connectivity index is 1.33. The van der Waals surface area contributed by atoms with Crippen LogP contribution in [-0.4, -0.2) is 57.8 Å².